The molecule has 7 nitrogen and oxygen atoms in total. The number of amides is 1. The Morgan fingerprint density at radius 1 is 1.11 bits per heavy atom. The van der Waals surface area contributed by atoms with Crippen LogP contribution >= 0.6 is 0 Å². The molecule has 3 aromatic rings. The third kappa shape index (κ3) is 4.68. The number of furan rings is 1. The Balaban J connectivity index is 1.63. The number of carbonyl (C=O) groups excluding carboxylic acids is 1. The smallest absolute Gasteiger partial charge is 0.272 e. The molecule has 2 aromatic heterocycles. The molecule has 0 saturated carbocycles. The predicted octanol–water partition coefficient (Wildman–Crippen LogP) is 3.90. The number of aryl methyl sites for hydroxylation is 1. The van der Waals surface area contributed by atoms with E-state index in [1.165, 1.54) is 5.69 Å². The molecule has 7 heteroatoms. The molecule has 0 aliphatic heterocycles. The van der Waals surface area contributed by atoms with Crippen molar-refractivity contribution in [2.75, 3.05) is 23.3 Å². The topological polar surface area (TPSA) is 83.3 Å². The number of hydrogen-bond donors (Lipinski definition) is 2. The van der Waals surface area contributed by atoms with Crippen molar-refractivity contribution in [2.24, 2.45) is 0 Å². The zero-order valence-electron chi connectivity index (χ0n) is 16.4. The van der Waals surface area contributed by atoms with Crippen molar-refractivity contribution in [3.63, 3.8) is 0 Å². The Bertz CT molecular complexity index is 903. The van der Waals surface area contributed by atoms with Crippen LogP contribution in [0.15, 0.2) is 53.1 Å². The summed E-state index contributed by atoms with van der Waals surface area (Å²) in [6.45, 7) is 8.60. The molecule has 1 amide bonds. The Kier molecular flexibility index (Phi) is 6.26. The second-order valence-electron chi connectivity index (χ2n) is 6.36. The van der Waals surface area contributed by atoms with E-state index in [9.17, 15) is 4.79 Å². The normalized spacial score (nSPS) is 10.5. The SMILES string of the molecule is CCN(CC)c1ccc(Nc2ccc(C(=O)NCc3ccco3)nn2)c(C)c1. The van der Waals surface area contributed by atoms with Gasteiger partial charge in [0, 0.05) is 24.5 Å². The predicted molar refractivity (Wildman–Crippen MR) is 110 cm³/mol. The highest BCUT2D eigenvalue weighted by Crippen LogP contribution is 2.24. The van der Waals surface area contributed by atoms with Crippen molar-refractivity contribution in [1.29, 1.82) is 0 Å². The number of rotatable bonds is 8. The summed E-state index contributed by atoms with van der Waals surface area (Å²) in [7, 11) is 0. The molecule has 0 unspecified atom stereocenters. The van der Waals surface area contributed by atoms with E-state index >= 15 is 0 Å². The third-order valence-corrected chi connectivity index (χ3v) is 4.50. The first-order valence-electron chi connectivity index (χ1n) is 9.37. The summed E-state index contributed by atoms with van der Waals surface area (Å²) in [6.07, 6.45) is 1.57. The van der Waals surface area contributed by atoms with E-state index in [1.807, 2.05) is 6.07 Å². The van der Waals surface area contributed by atoms with Crippen LogP contribution in [0.1, 0.15) is 35.7 Å². The molecule has 0 aliphatic carbocycles. The lowest BCUT2D eigenvalue weighted by atomic mass is 10.1. The highest BCUT2D eigenvalue weighted by atomic mass is 16.3. The Labute approximate surface area is 164 Å². The summed E-state index contributed by atoms with van der Waals surface area (Å²) >= 11 is 0. The number of nitrogens with one attached hydrogen (secondary N) is 2. The van der Waals surface area contributed by atoms with Crippen LogP contribution in [0.4, 0.5) is 17.2 Å². The number of aromatic nitrogens is 2. The number of carbonyl (C=O) groups is 1. The molecule has 0 spiro atoms. The second-order valence-corrected chi connectivity index (χ2v) is 6.36. The molecular weight excluding hydrogens is 354 g/mol. The number of nitrogens with zero attached hydrogens (tertiary/aromatic N) is 3. The standard InChI is InChI=1S/C21H25N5O2/c1-4-26(5-2)16-8-9-18(15(3)13-16)23-20-11-10-19(24-25-20)21(27)22-14-17-7-6-12-28-17/h6-13H,4-5,14H2,1-3H3,(H,22,27)(H,23,25). The Hall–Kier alpha value is -3.35. The monoisotopic (exact) mass is 379 g/mol. The van der Waals surface area contributed by atoms with E-state index in [-0.39, 0.29) is 11.6 Å². The van der Waals surface area contributed by atoms with E-state index in [1.54, 1.807) is 30.5 Å². The van der Waals surface area contributed by atoms with Crippen LogP contribution in [-0.4, -0.2) is 29.2 Å². The fourth-order valence-electron chi connectivity index (χ4n) is 2.90. The second kappa shape index (κ2) is 9.03. The van der Waals surface area contributed by atoms with Gasteiger partial charge >= 0.3 is 0 Å². The largest absolute Gasteiger partial charge is 0.467 e. The van der Waals surface area contributed by atoms with Crippen LogP contribution < -0.4 is 15.5 Å². The molecular formula is C21H25N5O2. The molecule has 0 bridgehead atoms. The van der Waals surface area contributed by atoms with Crippen LogP contribution in [0.3, 0.4) is 0 Å². The van der Waals surface area contributed by atoms with Crippen molar-refractivity contribution in [2.45, 2.75) is 27.3 Å². The van der Waals surface area contributed by atoms with E-state index in [0.717, 1.165) is 24.3 Å². The molecule has 0 radical (unpaired) electrons. The summed E-state index contributed by atoms with van der Waals surface area (Å²) < 4.78 is 5.19. The van der Waals surface area contributed by atoms with Gasteiger partial charge in [0.1, 0.15) is 5.76 Å². The van der Waals surface area contributed by atoms with Gasteiger partial charge in [-0.3, -0.25) is 4.79 Å². The summed E-state index contributed by atoms with van der Waals surface area (Å²) in [5.74, 6) is 0.972. The lowest BCUT2D eigenvalue weighted by Gasteiger charge is -2.22. The van der Waals surface area contributed by atoms with Crippen molar-refractivity contribution in [1.82, 2.24) is 15.5 Å². The van der Waals surface area contributed by atoms with Crippen LogP contribution in [0.5, 0.6) is 0 Å². The van der Waals surface area contributed by atoms with Crippen molar-refractivity contribution in [3.8, 4) is 0 Å². The zero-order chi connectivity index (χ0) is 19.9. The number of anilines is 3. The van der Waals surface area contributed by atoms with Crippen LogP contribution in [0.25, 0.3) is 0 Å². The first-order chi connectivity index (χ1) is 13.6. The molecule has 2 heterocycles. The molecule has 1 aromatic carbocycles. The fraction of sp³-hybridized carbons (Fsp3) is 0.286. The first-order valence-corrected chi connectivity index (χ1v) is 9.37. The number of benzene rings is 1. The molecule has 28 heavy (non-hydrogen) atoms. The molecule has 0 atom stereocenters. The van der Waals surface area contributed by atoms with Crippen molar-refractivity contribution in [3.05, 3.63) is 65.7 Å². The van der Waals surface area contributed by atoms with Crippen molar-refractivity contribution >= 4 is 23.1 Å². The van der Waals surface area contributed by atoms with E-state index < -0.39 is 0 Å². The van der Waals surface area contributed by atoms with E-state index in [0.29, 0.717) is 18.1 Å². The fourth-order valence-corrected chi connectivity index (χ4v) is 2.90. The maximum atomic E-state index is 12.1. The maximum absolute atomic E-state index is 12.1. The van der Waals surface area contributed by atoms with E-state index in [4.69, 9.17) is 4.42 Å². The Morgan fingerprint density at radius 3 is 2.54 bits per heavy atom. The van der Waals surface area contributed by atoms with Gasteiger partial charge in [0.05, 0.1) is 12.8 Å². The van der Waals surface area contributed by atoms with Crippen molar-refractivity contribution < 1.29 is 9.21 Å². The van der Waals surface area contributed by atoms with Gasteiger partial charge in [-0.05, 0) is 68.8 Å². The van der Waals surface area contributed by atoms with Gasteiger partial charge in [-0.15, -0.1) is 10.2 Å². The maximum Gasteiger partial charge on any atom is 0.272 e. The summed E-state index contributed by atoms with van der Waals surface area (Å²) in [5, 5.41) is 14.1. The molecule has 0 aliphatic rings. The minimum absolute atomic E-state index is 0.255. The lowest BCUT2D eigenvalue weighted by Crippen LogP contribution is -2.24. The lowest BCUT2D eigenvalue weighted by molar-refractivity contribution is 0.0942. The average molecular weight is 379 g/mol. The van der Waals surface area contributed by atoms with Gasteiger partial charge in [-0.2, -0.15) is 0 Å². The van der Waals surface area contributed by atoms with E-state index in [2.05, 4.69) is 58.6 Å². The molecule has 0 saturated heterocycles. The Morgan fingerprint density at radius 2 is 1.93 bits per heavy atom. The minimum Gasteiger partial charge on any atom is -0.467 e. The molecule has 2 N–H and O–H groups in total. The summed E-state index contributed by atoms with van der Waals surface area (Å²) in [4.78, 5) is 14.4. The summed E-state index contributed by atoms with van der Waals surface area (Å²) in [5.41, 5.74) is 3.53. The molecule has 146 valence electrons. The molecule has 3 rings (SSSR count). The van der Waals surface area contributed by atoms with Gasteiger partial charge < -0.3 is 20.0 Å². The highest BCUT2D eigenvalue weighted by molar-refractivity contribution is 5.92. The highest BCUT2D eigenvalue weighted by Gasteiger charge is 2.10. The van der Waals surface area contributed by atoms with Gasteiger partial charge in [-0.25, -0.2) is 0 Å². The number of hydrogen-bond acceptors (Lipinski definition) is 6. The van der Waals surface area contributed by atoms with Gasteiger partial charge in [0.25, 0.3) is 5.91 Å². The van der Waals surface area contributed by atoms with Gasteiger partial charge in [0.2, 0.25) is 0 Å². The summed E-state index contributed by atoms with van der Waals surface area (Å²) in [6, 6.07) is 13.2. The average Bonchev–Trinajstić information content (AvgIpc) is 3.23. The van der Waals surface area contributed by atoms with Gasteiger partial charge in [0.15, 0.2) is 11.5 Å². The van der Waals surface area contributed by atoms with Crippen LogP contribution in [-0.2, 0) is 6.54 Å². The zero-order valence-corrected chi connectivity index (χ0v) is 16.4. The first kappa shape index (κ1) is 19.4. The minimum atomic E-state index is -0.296. The van der Waals surface area contributed by atoms with Gasteiger partial charge in [-0.1, -0.05) is 0 Å². The quantitative estimate of drug-likeness (QED) is 0.618. The third-order valence-electron chi connectivity index (χ3n) is 4.50. The van der Waals surface area contributed by atoms with Crippen LogP contribution in [0, 0.1) is 6.92 Å². The van der Waals surface area contributed by atoms with Crippen LogP contribution in [0.2, 0.25) is 0 Å². The molecule has 0 fully saturated rings.